The Labute approximate surface area is 111 Å². The Morgan fingerprint density at radius 2 is 2.28 bits per heavy atom. The second kappa shape index (κ2) is 6.22. The molecule has 1 aromatic heterocycles. The highest BCUT2D eigenvalue weighted by Gasteiger charge is 2.18. The number of fused-ring (bicyclic) bond motifs is 1. The van der Waals surface area contributed by atoms with E-state index in [-0.39, 0.29) is 11.9 Å². The van der Waals surface area contributed by atoms with Gasteiger partial charge in [0.25, 0.3) is 0 Å². The molecule has 1 aliphatic rings. The van der Waals surface area contributed by atoms with Gasteiger partial charge in [-0.25, -0.2) is 0 Å². The van der Waals surface area contributed by atoms with E-state index in [2.05, 4.69) is 14.8 Å². The summed E-state index contributed by atoms with van der Waals surface area (Å²) in [5, 5.41) is 9.39. The molecule has 1 unspecified atom stereocenters. The summed E-state index contributed by atoms with van der Waals surface area (Å²) < 4.78 is 6.92. The molecular weight excluding hydrogens is 250 g/mol. The van der Waals surface area contributed by atoms with Crippen molar-refractivity contribution in [3.05, 3.63) is 5.82 Å². The third kappa shape index (κ3) is 3.04. The fourth-order valence-electron chi connectivity index (χ4n) is 2.03. The van der Waals surface area contributed by atoms with Crippen LogP contribution in [0.15, 0.2) is 5.16 Å². The van der Waals surface area contributed by atoms with E-state index in [0.717, 1.165) is 23.9 Å². The first kappa shape index (κ1) is 13.4. The molecule has 0 bridgehead atoms. The molecule has 6 heteroatoms. The van der Waals surface area contributed by atoms with Gasteiger partial charge in [-0.05, 0) is 12.8 Å². The van der Waals surface area contributed by atoms with Crippen molar-refractivity contribution >= 4 is 17.7 Å². The molecule has 0 radical (unpaired) electrons. The highest BCUT2D eigenvalue weighted by atomic mass is 32.2. The van der Waals surface area contributed by atoms with E-state index in [1.807, 2.05) is 6.92 Å². The van der Waals surface area contributed by atoms with Gasteiger partial charge in [0.05, 0.1) is 13.0 Å². The molecule has 0 saturated heterocycles. The maximum Gasteiger partial charge on any atom is 0.309 e. The molecule has 0 N–H and O–H groups in total. The Hall–Kier alpha value is -1.04. The zero-order valence-electron chi connectivity index (χ0n) is 10.9. The number of hydrogen-bond acceptors (Lipinski definition) is 5. The van der Waals surface area contributed by atoms with Crippen molar-refractivity contribution in [2.45, 2.75) is 44.3 Å². The third-order valence-corrected chi connectivity index (χ3v) is 4.37. The minimum absolute atomic E-state index is 0.112. The van der Waals surface area contributed by atoms with Crippen molar-refractivity contribution in [2.24, 2.45) is 5.92 Å². The monoisotopic (exact) mass is 269 g/mol. The topological polar surface area (TPSA) is 57.0 Å². The van der Waals surface area contributed by atoms with Gasteiger partial charge >= 0.3 is 5.97 Å². The van der Waals surface area contributed by atoms with Gasteiger partial charge in [-0.3, -0.25) is 4.79 Å². The summed E-state index contributed by atoms with van der Waals surface area (Å²) in [6, 6.07) is 0. The van der Waals surface area contributed by atoms with E-state index in [9.17, 15) is 4.79 Å². The molecule has 5 nitrogen and oxygen atoms in total. The van der Waals surface area contributed by atoms with Gasteiger partial charge in [-0.15, -0.1) is 10.2 Å². The number of methoxy groups -OCH3 is 1. The Balaban J connectivity index is 1.98. The smallest absolute Gasteiger partial charge is 0.309 e. The summed E-state index contributed by atoms with van der Waals surface area (Å²) >= 11 is 1.59. The van der Waals surface area contributed by atoms with Crippen LogP contribution < -0.4 is 0 Å². The average molecular weight is 269 g/mol. The molecule has 0 spiro atoms. The van der Waals surface area contributed by atoms with Gasteiger partial charge < -0.3 is 9.30 Å². The molecule has 2 rings (SSSR count). The van der Waals surface area contributed by atoms with E-state index < -0.39 is 0 Å². The predicted octanol–water partition coefficient (Wildman–Crippen LogP) is 1.91. The molecule has 1 aromatic rings. The van der Waals surface area contributed by atoms with Gasteiger partial charge in [-0.1, -0.05) is 25.1 Å². The van der Waals surface area contributed by atoms with Crippen molar-refractivity contribution < 1.29 is 9.53 Å². The van der Waals surface area contributed by atoms with Crippen molar-refractivity contribution in [1.29, 1.82) is 0 Å². The summed E-state index contributed by atoms with van der Waals surface area (Å²) in [5.41, 5.74) is 0. The molecule has 0 aliphatic carbocycles. The summed E-state index contributed by atoms with van der Waals surface area (Å²) in [6.07, 6.45) is 4.65. The molecule has 18 heavy (non-hydrogen) atoms. The first-order valence-electron chi connectivity index (χ1n) is 6.35. The van der Waals surface area contributed by atoms with Crippen molar-refractivity contribution in [3.63, 3.8) is 0 Å². The lowest BCUT2D eigenvalue weighted by atomic mass is 10.2. The number of nitrogens with zero attached hydrogens (tertiary/aromatic N) is 3. The number of thioether (sulfide) groups is 1. The van der Waals surface area contributed by atoms with Crippen molar-refractivity contribution in [1.82, 2.24) is 14.8 Å². The van der Waals surface area contributed by atoms with Crippen LogP contribution in [0.3, 0.4) is 0 Å². The number of aryl methyl sites for hydroxylation is 1. The fraction of sp³-hybridized carbons (Fsp3) is 0.750. The number of carbonyl (C=O) groups excluding carboxylic acids is 1. The van der Waals surface area contributed by atoms with E-state index in [0.29, 0.717) is 5.75 Å². The zero-order chi connectivity index (χ0) is 13.0. The summed E-state index contributed by atoms with van der Waals surface area (Å²) in [7, 11) is 1.42. The van der Waals surface area contributed by atoms with E-state index in [1.54, 1.807) is 11.8 Å². The normalized spacial score (nSPS) is 16.8. The highest BCUT2D eigenvalue weighted by Crippen LogP contribution is 2.23. The van der Waals surface area contributed by atoms with Crippen LogP contribution in [0, 0.1) is 5.92 Å². The molecule has 1 atom stereocenters. The first-order valence-corrected chi connectivity index (χ1v) is 7.33. The lowest BCUT2D eigenvalue weighted by Gasteiger charge is -2.09. The van der Waals surface area contributed by atoms with Crippen LogP contribution in [0.4, 0.5) is 0 Å². The van der Waals surface area contributed by atoms with Crippen LogP contribution in [0.25, 0.3) is 0 Å². The van der Waals surface area contributed by atoms with Crippen LogP contribution in [0.5, 0.6) is 0 Å². The van der Waals surface area contributed by atoms with Gasteiger partial charge in [0, 0.05) is 18.7 Å². The number of hydrogen-bond donors (Lipinski definition) is 0. The second-order valence-corrected chi connectivity index (χ2v) is 5.58. The molecule has 0 amide bonds. The summed E-state index contributed by atoms with van der Waals surface area (Å²) in [5.74, 6) is 1.49. The van der Waals surface area contributed by atoms with Crippen LogP contribution in [0.2, 0.25) is 0 Å². The number of carbonyl (C=O) groups is 1. The molecule has 0 aromatic carbocycles. The summed E-state index contributed by atoms with van der Waals surface area (Å²) in [6.45, 7) is 2.87. The van der Waals surface area contributed by atoms with Crippen LogP contribution >= 0.6 is 11.8 Å². The van der Waals surface area contributed by atoms with Gasteiger partial charge in [0.15, 0.2) is 5.16 Å². The molecule has 0 saturated carbocycles. The number of rotatable bonds is 4. The molecule has 0 fully saturated rings. The van der Waals surface area contributed by atoms with Crippen molar-refractivity contribution in [2.75, 3.05) is 12.9 Å². The van der Waals surface area contributed by atoms with Crippen LogP contribution in [-0.2, 0) is 22.5 Å². The van der Waals surface area contributed by atoms with Crippen molar-refractivity contribution in [3.8, 4) is 0 Å². The Kier molecular flexibility index (Phi) is 4.63. The number of aromatic nitrogens is 3. The Morgan fingerprint density at radius 3 is 3.06 bits per heavy atom. The average Bonchev–Trinajstić information content (AvgIpc) is 2.62. The molecular formula is C12H19N3O2S. The van der Waals surface area contributed by atoms with Gasteiger partial charge in [0.2, 0.25) is 0 Å². The third-order valence-electron chi connectivity index (χ3n) is 3.14. The highest BCUT2D eigenvalue weighted by molar-refractivity contribution is 7.99. The second-order valence-electron chi connectivity index (χ2n) is 4.60. The fourth-order valence-corrected chi connectivity index (χ4v) is 3.02. The maximum atomic E-state index is 11.3. The molecule has 2 heterocycles. The summed E-state index contributed by atoms with van der Waals surface area (Å²) in [4.78, 5) is 11.3. The van der Waals surface area contributed by atoms with Gasteiger partial charge in [-0.2, -0.15) is 0 Å². The minimum Gasteiger partial charge on any atom is -0.469 e. The van der Waals surface area contributed by atoms with Crippen LogP contribution in [-0.4, -0.2) is 33.6 Å². The van der Waals surface area contributed by atoms with E-state index in [1.165, 1.54) is 26.4 Å². The van der Waals surface area contributed by atoms with E-state index in [4.69, 9.17) is 4.74 Å². The largest absolute Gasteiger partial charge is 0.469 e. The molecule has 100 valence electrons. The maximum absolute atomic E-state index is 11.3. The lowest BCUT2D eigenvalue weighted by Crippen LogP contribution is -2.15. The Bertz CT molecular complexity index is 419. The van der Waals surface area contributed by atoms with Crippen LogP contribution in [0.1, 0.15) is 32.0 Å². The standard InChI is InChI=1S/C12H19N3O2S/c1-9(11(16)17-2)8-18-12-14-13-10-6-4-3-5-7-15(10)12/h9H,3-8H2,1-2H3. The quantitative estimate of drug-likeness (QED) is 0.617. The minimum atomic E-state index is -0.168. The molecule has 1 aliphatic heterocycles. The number of ether oxygens (including phenoxy) is 1. The van der Waals surface area contributed by atoms with E-state index >= 15 is 0 Å². The van der Waals surface area contributed by atoms with Gasteiger partial charge in [0.1, 0.15) is 5.82 Å². The zero-order valence-corrected chi connectivity index (χ0v) is 11.7. The Morgan fingerprint density at radius 1 is 1.44 bits per heavy atom. The lowest BCUT2D eigenvalue weighted by molar-refractivity contribution is -0.143. The SMILES string of the molecule is COC(=O)C(C)CSc1nnc2n1CCCCC2. The first-order chi connectivity index (χ1) is 8.72. The predicted molar refractivity (Wildman–Crippen MR) is 69.5 cm³/mol. The number of esters is 1.